The van der Waals surface area contributed by atoms with Crippen LogP contribution in [0.3, 0.4) is 0 Å². The van der Waals surface area contributed by atoms with Gasteiger partial charge in [0.15, 0.2) is 0 Å². The molecule has 3 rings (SSSR count). The Labute approximate surface area is 128 Å². The monoisotopic (exact) mass is 310 g/mol. The lowest BCUT2D eigenvalue weighted by molar-refractivity contribution is -0.158. The second-order valence-electron chi connectivity index (χ2n) is 6.86. The van der Waals surface area contributed by atoms with Crippen LogP contribution in [0.2, 0.25) is 0 Å². The summed E-state index contributed by atoms with van der Waals surface area (Å²) in [4.78, 5) is 38.5. The van der Waals surface area contributed by atoms with Crippen LogP contribution >= 0.6 is 0 Å². The van der Waals surface area contributed by atoms with Crippen molar-refractivity contribution in [3.8, 4) is 0 Å². The molecule has 0 spiro atoms. The lowest BCUT2D eigenvalue weighted by Crippen LogP contribution is -2.48. The highest BCUT2D eigenvalue weighted by molar-refractivity contribution is 6.12. The number of nitrogens with zero attached hydrogens (tertiary/aromatic N) is 1. The van der Waals surface area contributed by atoms with E-state index in [1.807, 2.05) is 0 Å². The Morgan fingerprint density at radius 2 is 1.82 bits per heavy atom. The fraction of sp³-hybridized carbons (Fsp3) is 0.800. The fourth-order valence-electron chi connectivity index (χ4n) is 4.43. The minimum Gasteiger partial charge on any atom is -0.480 e. The molecule has 3 heterocycles. The summed E-state index contributed by atoms with van der Waals surface area (Å²) >= 11 is 0. The maximum atomic E-state index is 13.0. The Balaban J connectivity index is 2.00. The first kappa shape index (κ1) is 15.4. The van der Waals surface area contributed by atoms with E-state index in [1.165, 1.54) is 0 Å². The minimum atomic E-state index is -1.16. The van der Waals surface area contributed by atoms with E-state index in [0.29, 0.717) is 13.0 Å². The normalized spacial score (nSPS) is 41.1. The van der Waals surface area contributed by atoms with Crippen molar-refractivity contribution in [1.82, 2.24) is 4.90 Å². The summed E-state index contributed by atoms with van der Waals surface area (Å²) in [5.74, 6) is -1.97. The van der Waals surface area contributed by atoms with E-state index < -0.39 is 34.7 Å². The molecule has 7 heteroatoms. The van der Waals surface area contributed by atoms with Crippen molar-refractivity contribution in [2.75, 3.05) is 6.54 Å². The molecule has 0 unspecified atom stereocenters. The molecule has 3 fully saturated rings. The topological polar surface area (TPSA) is 110 Å². The van der Waals surface area contributed by atoms with Crippen LogP contribution < -0.4 is 5.73 Å². The summed E-state index contributed by atoms with van der Waals surface area (Å²) in [5, 5.41) is 9.46. The molecule has 3 aliphatic rings. The van der Waals surface area contributed by atoms with Gasteiger partial charge in [-0.2, -0.15) is 0 Å². The summed E-state index contributed by atoms with van der Waals surface area (Å²) in [6.07, 6.45) is 1.52. The molecule has 5 atom stereocenters. The molecular weight excluding hydrogens is 288 g/mol. The molecule has 22 heavy (non-hydrogen) atoms. The Bertz CT molecular complexity index is 516. The zero-order valence-corrected chi connectivity index (χ0v) is 12.9. The largest absolute Gasteiger partial charge is 0.480 e. The number of likely N-dealkylation sites (tertiary alicyclic amines) is 1. The molecule has 0 aromatic rings. The SMILES string of the molecule is C[C@@]12C(=O)N([C@@H](CCCN)C(=O)O)C(=O)[C@]1(C)[C@H]1CC[C@@H]2O1. The van der Waals surface area contributed by atoms with Crippen LogP contribution in [0.1, 0.15) is 39.5 Å². The first-order valence-electron chi connectivity index (χ1n) is 7.76. The number of carbonyl (C=O) groups is 3. The van der Waals surface area contributed by atoms with Crippen LogP contribution in [-0.2, 0) is 19.1 Å². The highest BCUT2D eigenvalue weighted by Crippen LogP contribution is 2.64. The molecule has 2 bridgehead atoms. The van der Waals surface area contributed by atoms with E-state index in [9.17, 15) is 19.5 Å². The summed E-state index contributed by atoms with van der Waals surface area (Å²) in [5.41, 5.74) is 3.53. The summed E-state index contributed by atoms with van der Waals surface area (Å²) in [7, 11) is 0. The number of aliphatic carboxylic acids is 1. The van der Waals surface area contributed by atoms with Crippen LogP contribution in [0, 0.1) is 10.8 Å². The highest BCUT2D eigenvalue weighted by Gasteiger charge is 2.77. The minimum absolute atomic E-state index is 0.186. The van der Waals surface area contributed by atoms with Crippen LogP contribution in [0.25, 0.3) is 0 Å². The third-order valence-electron chi connectivity index (χ3n) is 5.99. The summed E-state index contributed by atoms with van der Waals surface area (Å²) in [6, 6.07) is -1.14. The van der Waals surface area contributed by atoms with E-state index in [4.69, 9.17) is 10.5 Å². The third kappa shape index (κ3) is 1.55. The van der Waals surface area contributed by atoms with E-state index in [1.54, 1.807) is 13.8 Å². The van der Waals surface area contributed by atoms with Gasteiger partial charge < -0.3 is 15.6 Å². The Morgan fingerprint density at radius 1 is 1.32 bits per heavy atom. The molecule has 122 valence electrons. The maximum absolute atomic E-state index is 13.0. The maximum Gasteiger partial charge on any atom is 0.326 e. The molecular formula is C15H22N2O5. The van der Waals surface area contributed by atoms with E-state index in [-0.39, 0.29) is 18.6 Å². The van der Waals surface area contributed by atoms with Crippen molar-refractivity contribution in [1.29, 1.82) is 0 Å². The Hall–Kier alpha value is -1.47. The van der Waals surface area contributed by atoms with Crippen LogP contribution in [-0.4, -0.2) is 52.6 Å². The van der Waals surface area contributed by atoms with Crippen LogP contribution in [0.5, 0.6) is 0 Å². The Kier molecular flexibility index (Phi) is 3.34. The smallest absolute Gasteiger partial charge is 0.326 e. The molecule has 2 amide bonds. The average molecular weight is 310 g/mol. The van der Waals surface area contributed by atoms with Crippen molar-refractivity contribution in [2.24, 2.45) is 16.6 Å². The molecule has 0 aromatic carbocycles. The second-order valence-corrected chi connectivity index (χ2v) is 6.86. The predicted octanol–water partition coefficient (Wildman–Crippen LogP) is 0.121. The number of carboxylic acid groups (broad SMARTS) is 1. The number of ether oxygens (including phenoxy) is 1. The quantitative estimate of drug-likeness (QED) is 0.698. The van der Waals surface area contributed by atoms with Gasteiger partial charge in [-0.3, -0.25) is 14.5 Å². The lowest BCUT2D eigenvalue weighted by Gasteiger charge is -2.36. The third-order valence-corrected chi connectivity index (χ3v) is 5.99. The molecule has 3 aliphatic heterocycles. The molecule has 3 saturated heterocycles. The number of rotatable bonds is 5. The lowest BCUT2D eigenvalue weighted by atomic mass is 9.59. The van der Waals surface area contributed by atoms with Crippen molar-refractivity contribution in [2.45, 2.75) is 57.8 Å². The number of hydrogen-bond acceptors (Lipinski definition) is 5. The molecule has 7 nitrogen and oxygen atoms in total. The molecule has 0 aliphatic carbocycles. The zero-order valence-electron chi connectivity index (χ0n) is 12.9. The van der Waals surface area contributed by atoms with E-state index >= 15 is 0 Å². The zero-order chi connectivity index (χ0) is 16.3. The van der Waals surface area contributed by atoms with Gasteiger partial charge in [0.1, 0.15) is 6.04 Å². The van der Waals surface area contributed by atoms with Gasteiger partial charge in [0.25, 0.3) is 0 Å². The molecule has 0 radical (unpaired) electrons. The number of carbonyl (C=O) groups excluding carboxylic acids is 2. The van der Waals surface area contributed by atoms with Gasteiger partial charge in [-0.15, -0.1) is 0 Å². The van der Waals surface area contributed by atoms with Gasteiger partial charge in [-0.1, -0.05) is 0 Å². The van der Waals surface area contributed by atoms with Crippen molar-refractivity contribution in [3.63, 3.8) is 0 Å². The van der Waals surface area contributed by atoms with Gasteiger partial charge in [0.05, 0.1) is 23.0 Å². The first-order valence-corrected chi connectivity index (χ1v) is 7.76. The summed E-state index contributed by atoms with van der Waals surface area (Å²) in [6.45, 7) is 3.82. The highest BCUT2D eigenvalue weighted by atomic mass is 16.5. The molecule has 0 saturated carbocycles. The van der Waals surface area contributed by atoms with Gasteiger partial charge >= 0.3 is 5.97 Å². The fourth-order valence-corrected chi connectivity index (χ4v) is 4.43. The number of amides is 2. The standard InChI is InChI=1S/C15H22N2O5/c1-14-9-5-6-10(22-9)15(14,2)13(21)17(12(14)20)8(11(18)19)4-3-7-16/h8-10H,3-7,16H2,1-2H3,(H,18,19)/t8-,9-,10+,14+,15-/m0/s1. The number of hydrogen-bond donors (Lipinski definition) is 2. The van der Waals surface area contributed by atoms with Crippen molar-refractivity contribution >= 4 is 17.8 Å². The van der Waals surface area contributed by atoms with Gasteiger partial charge in [-0.25, -0.2) is 4.79 Å². The number of imide groups is 1. The molecule has 3 N–H and O–H groups in total. The van der Waals surface area contributed by atoms with Crippen molar-refractivity contribution < 1.29 is 24.2 Å². The van der Waals surface area contributed by atoms with Gasteiger partial charge in [0, 0.05) is 0 Å². The summed E-state index contributed by atoms with van der Waals surface area (Å²) < 4.78 is 5.82. The molecule has 0 aromatic heterocycles. The van der Waals surface area contributed by atoms with Crippen molar-refractivity contribution in [3.05, 3.63) is 0 Å². The van der Waals surface area contributed by atoms with Gasteiger partial charge in [-0.05, 0) is 46.1 Å². The number of carboxylic acids is 1. The van der Waals surface area contributed by atoms with Crippen LogP contribution in [0.4, 0.5) is 0 Å². The second kappa shape index (κ2) is 4.76. The van der Waals surface area contributed by atoms with Crippen LogP contribution in [0.15, 0.2) is 0 Å². The first-order chi connectivity index (χ1) is 10.3. The number of fused-ring (bicyclic) bond motifs is 5. The average Bonchev–Trinajstić information content (AvgIpc) is 3.08. The van der Waals surface area contributed by atoms with E-state index in [2.05, 4.69) is 0 Å². The predicted molar refractivity (Wildman–Crippen MR) is 75.7 cm³/mol. The number of nitrogens with two attached hydrogens (primary N) is 1. The Morgan fingerprint density at radius 3 is 2.23 bits per heavy atom. The van der Waals surface area contributed by atoms with E-state index in [0.717, 1.165) is 17.7 Å². The van der Waals surface area contributed by atoms with Gasteiger partial charge in [0.2, 0.25) is 11.8 Å².